The van der Waals surface area contributed by atoms with E-state index < -0.39 is 11.7 Å². The molecule has 0 aromatic heterocycles. The number of halogens is 3. The predicted octanol–water partition coefficient (Wildman–Crippen LogP) is 4.55. The lowest BCUT2D eigenvalue weighted by Crippen LogP contribution is -2.21. The molecule has 0 saturated carbocycles. The van der Waals surface area contributed by atoms with E-state index in [1.165, 1.54) is 0 Å². The monoisotopic (exact) mass is 259 g/mol. The molecule has 1 unspecified atom stereocenters. The first-order valence-electron chi connectivity index (χ1n) is 6.39. The fraction of sp³-hybridized carbons (Fsp3) is 0.571. The first kappa shape index (κ1) is 15.0. The Morgan fingerprint density at radius 3 is 2.17 bits per heavy atom. The van der Waals surface area contributed by atoms with E-state index in [-0.39, 0.29) is 6.04 Å². The van der Waals surface area contributed by atoms with Gasteiger partial charge in [0.1, 0.15) is 0 Å². The Balaban J connectivity index is 2.69. The van der Waals surface area contributed by atoms with Crippen LogP contribution in [0.5, 0.6) is 0 Å². The molecule has 0 aliphatic heterocycles. The number of rotatable bonds is 6. The van der Waals surface area contributed by atoms with Gasteiger partial charge in [-0.25, -0.2) is 0 Å². The van der Waals surface area contributed by atoms with Gasteiger partial charge in [-0.15, -0.1) is 0 Å². The molecule has 1 N–H and O–H groups in total. The second-order valence-electron chi connectivity index (χ2n) is 4.39. The Morgan fingerprint density at radius 1 is 1.11 bits per heavy atom. The van der Waals surface area contributed by atoms with Gasteiger partial charge in [-0.3, -0.25) is 0 Å². The Kier molecular flexibility index (Phi) is 5.66. The first-order chi connectivity index (χ1) is 8.49. The van der Waals surface area contributed by atoms with Crippen LogP contribution in [0.3, 0.4) is 0 Å². The van der Waals surface area contributed by atoms with E-state index in [1.807, 2.05) is 6.92 Å². The molecule has 0 fully saturated rings. The number of unbranched alkanes of at least 4 members (excludes halogenated alkanes) is 1. The molecule has 0 heterocycles. The van der Waals surface area contributed by atoms with Crippen molar-refractivity contribution < 1.29 is 13.2 Å². The Bertz CT molecular complexity index is 343. The molecule has 0 aliphatic carbocycles. The fourth-order valence-electron chi connectivity index (χ4n) is 1.86. The largest absolute Gasteiger partial charge is 0.416 e. The van der Waals surface area contributed by atoms with E-state index in [4.69, 9.17) is 0 Å². The maximum atomic E-state index is 12.4. The van der Waals surface area contributed by atoms with Crippen LogP contribution in [0.4, 0.5) is 13.2 Å². The number of hydrogen-bond donors (Lipinski definition) is 1. The van der Waals surface area contributed by atoms with E-state index in [0.717, 1.165) is 43.5 Å². The zero-order valence-corrected chi connectivity index (χ0v) is 10.8. The van der Waals surface area contributed by atoms with Crippen LogP contribution in [-0.2, 0) is 6.18 Å². The van der Waals surface area contributed by atoms with Crippen LogP contribution in [-0.4, -0.2) is 6.54 Å². The van der Waals surface area contributed by atoms with Gasteiger partial charge >= 0.3 is 6.18 Å². The highest BCUT2D eigenvalue weighted by atomic mass is 19.4. The number of hydrogen-bond acceptors (Lipinski definition) is 1. The normalized spacial score (nSPS) is 13.6. The van der Waals surface area contributed by atoms with Crippen molar-refractivity contribution in [1.29, 1.82) is 0 Å². The molecular formula is C14H20F3N. The summed E-state index contributed by atoms with van der Waals surface area (Å²) < 4.78 is 37.3. The molecule has 0 bridgehead atoms. The average Bonchev–Trinajstić information content (AvgIpc) is 2.34. The van der Waals surface area contributed by atoms with Gasteiger partial charge in [-0.05, 0) is 37.1 Å². The van der Waals surface area contributed by atoms with Crippen molar-refractivity contribution in [2.45, 2.75) is 45.3 Å². The average molecular weight is 259 g/mol. The lowest BCUT2D eigenvalue weighted by atomic mass is 10.0. The van der Waals surface area contributed by atoms with Gasteiger partial charge in [0.25, 0.3) is 0 Å². The number of alkyl halides is 3. The minimum atomic E-state index is -4.25. The van der Waals surface area contributed by atoms with E-state index in [9.17, 15) is 13.2 Å². The summed E-state index contributed by atoms with van der Waals surface area (Å²) in [6, 6.07) is 5.57. The fourth-order valence-corrected chi connectivity index (χ4v) is 1.86. The molecule has 102 valence electrons. The van der Waals surface area contributed by atoms with Crippen LogP contribution in [0.2, 0.25) is 0 Å². The molecule has 0 radical (unpaired) electrons. The summed E-state index contributed by atoms with van der Waals surface area (Å²) in [5.41, 5.74) is 0.330. The molecule has 18 heavy (non-hydrogen) atoms. The van der Waals surface area contributed by atoms with Crippen LogP contribution in [0.1, 0.15) is 50.3 Å². The Labute approximate surface area is 106 Å². The van der Waals surface area contributed by atoms with Gasteiger partial charge in [-0.1, -0.05) is 32.4 Å². The van der Waals surface area contributed by atoms with Crippen molar-refractivity contribution >= 4 is 0 Å². The van der Waals surface area contributed by atoms with Gasteiger partial charge in [0.15, 0.2) is 0 Å². The Morgan fingerprint density at radius 2 is 1.72 bits per heavy atom. The topological polar surface area (TPSA) is 12.0 Å². The number of nitrogens with one attached hydrogen (secondary N) is 1. The molecule has 0 spiro atoms. The SMILES string of the molecule is CCCCNC(CC)c1ccc(C(F)(F)F)cc1. The van der Waals surface area contributed by atoms with Gasteiger partial charge < -0.3 is 5.32 Å². The molecule has 1 aromatic carbocycles. The van der Waals surface area contributed by atoms with Crippen molar-refractivity contribution in [3.8, 4) is 0 Å². The van der Waals surface area contributed by atoms with Crippen LogP contribution in [0.25, 0.3) is 0 Å². The highest BCUT2D eigenvalue weighted by Gasteiger charge is 2.30. The van der Waals surface area contributed by atoms with E-state index >= 15 is 0 Å². The van der Waals surface area contributed by atoms with Gasteiger partial charge in [0, 0.05) is 6.04 Å². The lowest BCUT2D eigenvalue weighted by molar-refractivity contribution is -0.137. The highest BCUT2D eigenvalue weighted by molar-refractivity contribution is 5.26. The zero-order valence-electron chi connectivity index (χ0n) is 10.8. The summed E-state index contributed by atoms with van der Waals surface area (Å²) in [6.45, 7) is 5.04. The van der Waals surface area contributed by atoms with Crippen molar-refractivity contribution in [3.05, 3.63) is 35.4 Å². The van der Waals surface area contributed by atoms with Crippen molar-refractivity contribution in [1.82, 2.24) is 5.32 Å². The quantitative estimate of drug-likeness (QED) is 0.739. The molecule has 1 rings (SSSR count). The summed E-state index contributed by atoms with van der Waals surface area (Å²) >= 11 is 0. The minimum Gasteiger partial charge on any atom is -0.310 e. The molecule has 0 aliphatic rings. The van der Waals surface area contributed by atoms with Crippen molar-refractivity contribution in [2.75, 3.05) is 6.54 Å². The van der Waals surface area contributed by atoms with Crippen LogP contribution in [0, 0.1) is 0 Å². The minimum absolute atomic E-state index is 0.138. The molecular weight excluding hydrogens is 239 g/mol. The maximum absolute atomic E-state index is 12.4. The second-order valence-corrected chi connectivity index (χ2v) is 4.39. The summed E-state index contributed by atoms with van der Waals surface area (Å²) in [6.07, 6.45) is -1.20. The molecule has 0 saturated heterocycles. The van der Waals surface area contributed by atoms with Crippen LogP contribution < -0.4 is 5.32 Å². The van der Waals surface area contributed by atoms with Crippen molar-refractivity contribution in [3.63, 3.8) is 0 Å². The van der Waals surface area contributed by atoms with E-state index in [2.05, 4.69) is 12.2 Å². The third kappa shape index (κ3) is 4.33. The van der Waals surface area contributed by atoms with Gasteiger partial charge in [0.2, 0.25) is 0 Å². The maximum Gasteiger partial charge on any atom is 0.416 e. The van der Waals surface area contributed by atoms with Crippen molar-refractivity contribution in [2.24, 2.45) is 0 Å². The summed E-state index contributed by atoms with van der Waals surface area (Å²) in [4.78, 5) is 0. The zero-order chi connectivity index (χ0) is 13.6. The molecule has 1 aromatic rings. The lowest BCUT2D eigenvalue weighted by Gasteiger charge is -2.18. The molecule has 0 amide bonds. The Hall–Kier alpha value is -1.03. The summed E-state index contributed by atoms with van der Waals surface area (Å²) in [7, 11) is 0. The number of benzene rings is 1. The first-order valence-corrected chi connectivity index (χ1v) is 6.39. The third-order valence-electron chi connectivity index (χ3n) is 2.97. The third-order valence-corrected chi connectivity index (χ3v) is 2.97. The predicted molar refractivity (Wildman–Crippen MR) is 67.4 cm³/mol. The summed E-state index contributed by atoms with van der Waals surface area (Å²) in [5, 5.41) is 3.36. The second kappa shape index (κ2) is 6.78. The van der Waals surface area contributed by atoms with E-state index in [1.54, 1.807) is 12.1 Å². The standard InChI is InChI=1S/C14H20F3N/c1-3-5-10-18-13(4-2)11-6-8-12(9-7-11)14(15,16)17/h6-9,13,18H,3-5,10H2,1-2H3. The molecule has 1 nitrogen and oxygen atoms in total. The van der Waals surface area contributed by atoms with E-state index in [0.29, 0.717) is 0 Å². The smallest absolute Gasteiger partial charge is 0.310 e. The van der Waals surface area contributed by atoms with Crippen LogP contribution >= 0.6 is 0 Å². The molecule has 4 heteroatoms. The van der Waals surface area contributed by atoms with Gasteiger partial charge in [0.05, 0.1) is 5.56 Å². The van der Waals surface area contributed by atoms with Gasteiger partial charge in [-0.2, -0.15) is 13.2 Å². The summed E-state index contributed by atoms with van der Waals surface area (Å²) in [5.74, 6) is 0. The highest BCUT2D eigenvalue weighted by Crippen LogP contribution is 2.30. The molecule has 1 atom stereocenters. The van der Waals surface area contributed by atoms with Crippen LogP contribution in [0.15, 0.2) is 24.3 Å².